The molecular weight excluding hydrogens is 520 g/mol. The minimum atomic E-state index is -1.32. The SMILES string of the molecule is C[Si](C)(C)CCOCn1ncc2nc(C(Cc3cc(F)cc(F)c3)NC(=O)O)c(-c3cccc(C#N)c3)cc21. The molecule has 0 aliphatic heterocycles. The van der Waals surface area contributed by atoms with Crippen molar-refractivity contribution in [1.29, 1.82) is 5.26 Å². The van der Waals surface area contributed by atoms with Gasteiger partial charge < -0.3 is 15.2 Å². The Kier molecular flexibility index (Phi) is 8.37. The summed E-state index contributed by atoms with van der Waals surface area (Å²) in [4.78, 5) is 16.5. The number of rotatable bonds is 10. The molecule has 0 spiro atoms. The second-order valence-corrected chi connectivity index (χ2v) is 16.1. The van der Waals surface area contributed by atoms with E-state index in [0.29, 0.717) is 40.0 Å². The summed E-state index contributed by atoms with van der Waals surface area (Å²) in [6, 6.07) is 13.9. The van der Waals surface area contributed by atoms with Crippen LogP contribution in [0.5, 0.6) is 0 Å². The molecule has 4 aromatic rings. The van der Waals surface area contributed by atoms with Crippen LogP contribution in [0.3, 0.4) is 0 Å². The average Bonchev–Trinajstić information content (AvgIpc) is 3.26. The van der Waals surface area contributed by atoms with Gasteiger partial charge in [-0.1, -0.05) is 31.8 Å². The highest BCUT2D eigenvalue weighted by atomic mass is 28.3. The van der Waals surface area contributed by atoms with Gasteiger partial charge in [0.1, 0.15) is 23.9 Å². The lowest BCUT2D eigenvalue weighted by atomic mass is 9.94. The highest BCUT2D eigenvalue weighted by Gasteiger charge is 2.24. The average molecular weight is 550 g/mol. The summed E-state index contributed by atoms with van der Waals surface area (Å²) in [5, 5.41) is 25.9. The van der Waals surface area contributed by atoms with Gasteiger partial charge in [-0.25, -0.2) is 23.2 Å². The molecule has 4 rings (SSSR count). The summed E-state index contributed by atoms with van der Waals surface area (Å²) in [7, 11) is -1.26. The summed E-state index contributed by atoms with van der Waals surface area (Å²) in [6.07, 6.45) is 0.191. The van der Waals surface area contributed by atoms with Crippen LogP contribution >= 0.6 is 0 Å². The molecule has 1 unspecified atom stereocenters. The molecule has 0 fully saturated rings. The Hall–Kier alpha value is -4.14. The van der Waals surface area contributed by atoms with Crippen molar-refractivity contribution in [3.63, 3.8) is 0 Å². The molecular formula is C28H29F2N5O3Si. The molecule has 0 saturated carbocycles. The number of nitrogens with one attached hydrogen (secondary N) is 1. The molecule has 0 aliphatic rings. The smallest absolute Gasteiger partial charge is 0.405 e. The number of halogens is 2. The van der Waals surface area contributed by atoms with Gasteiger partial charge in [0.15, 0.2) is 0 Å². The largest absolute Gasteiger partial charge is 0.465 e. The molecule has 2 heterocycles. The van der Waals surface area contributed by atoms with Crippen molar-refractivity contribution in [3.8, 4) is 17.2 Å². The first kappa shape index (κ1) is 27.9. The Morgan fingerprint density at radius 3 is 2.59 bits per heavy atom. The van der Waals surface area contributed by atoms with Crippen LogP contribution in [0.15, 0.2) is 54.7 Å². The standard InChI is InChI=1S/C28H29F2N5O3Si/c1-39(2,3)8-7-38-17-35-26-14-23(20-6-4-5-18(9-20)15-31)27(33-25(26)16-32-35)24(34-28(36)37)12-19-10-21(29)13-22(30)11-19/h4-6,9-11,13-14,16,24,34H,7-8,12,17H2,1-3H3,(H,36,37). The number of fused-ring (bicyclic) bond motifs is 1. The Bertz CT molecular complexity index is 1520. The fourth-order valence-electron chi connectivity index (χ4n) is 4.24. The number of carboxylic acid groups (broad SMARTS) is 1. The first-order chi connectivity index (χ1) is 18.5. The Labute approximate surface area is 225 Å². The molecule has 0 aliphatic carbocycles. The van der Waals surface area contributed by atoms with Crippen LogP contribution in [-0.2, 0) is 17.9 Å². The maximum Gasteiger partial charge on any atom is 0.405 e. The lowest BCUT2D eigenvalue weighted by molar-refractivity contribution is 0.0817. The number of benzene rings is 2. The lowest BCUT2D eigenvalue weighted by Crippen LogP contribution is -2.29. The van der Waals surface area contributed by atoms with Crippen LogP contribution in [0.25, 0.3) is 22.2 Å². The zero-order valence-corrected chi connectivity index (χ0v) is 22.9. The van der Waals surface area contributed by atoms with E-state index >= 15 is 0 Å². The van der Waals surface area contributed by atoms with Crippen molar-refractivity contribution in [1.82, 2.24) is 20.1 Å². The maximum absolute atomic E-state index is 13.9. The van der Waals surface area contributed by atoms with Gasteiger partial charge in [-0.2, -0.15) is 10.4 Å². The van der Waals surface area contributed by atoms with E-state index in [4.69, 9.17) is 9.72 Å². The normalized spacial score (nSPS) is 12.3. The van der Waals surface area contributed by atoms with Crippen molar-refractivity contribution in [2.24, 2.45) is 0 Å². The van der Waals surface area contributed by atoms with Gasteiger partial charge in [-0.3, -0.25) is 0 Å². The van der Waals surface area contributed by atoms with Crippen LogP contribution in [0.1, 0.15) is 22.9 Å². The van der Waals surface area contributed by atoms with Gasteiger partial charge >= 0.3 is 6.09 Å². The highest BCUT2D eigenvalue weighted by Crippen LogP contribution is 2.33. The van der Waals surface area contributed by atoms with E-state index in [1.807, 2.05) is 6.07 Å². The minimum Gasteiger partial charge on any atom is -0.465 e. The fraction of sp³-hybridized carbons (Fsp3) is 0.286. The van der Waals surface area contributed by atoms with Crippen molar-refractivity contribution in [3.05, 3.63) is 83.2 Å². The summed E-state index contributed by atoms with van der Waals surface area (Å²) in [5.41, 5.74) is 3.36. The Balaban J connectivity index is 1.80. The van der Waals surface area contributed by atoms with Crippen molar-refractivity contribution in [2.45, 2.75) is 44.9 Å². The van der Waals surface area contributed by atoms with E-state index < -0.39 is 31.8 Å². The number of carbonyl (C=O) groups is 1. The predicted octanol–water partition coefficient (Wildman–Crippen LogP) is 6.11. The van der Waals surface area contributed by atoms with Gasteiger partial charge in [0, 0.05) is 26.3 Å². The second-order valence-electron chi connectivity index (χ2n) is 10.5. The third kappa shape index (κ3) is 7.25. The molecule has 2 N–H and O–H groups in total. The van der Waals surface area contributed by atoms with E-state index in [0.717, 1.165) is 24.2 Å². The van der Waals surface area contributed by atoms with Crippen LogP contribution in [0, 0.1) is 23.0 Å². The minimum absolute atomic E-state index is 0.0572. The molecule has 2 aromatic carbocycles. The van der Waals surface area contributed by atoms with Crippen molar-refractivity contribution < 1.29 is 23.4 Å². The quantitative estimate of drug-likeness (QED) is 0.182. The summed E-state index contributed by atoms with van der Waals surface area (Å²) < 4.78 is 35.4. The lowest BCUT2D eigenvalue weighted by Gasteiger charge is -2.21. The molecule has 0 radical (unpaired) electrons. The van der Waals surface area contributed by atoms with Gasteiger partial charge in [-0.05, 0) is 53.9 Å². The number of aromatic nitrogens is 3. The monoisotopic (exact) mass is 549 g/mol. The first-order valence-corrected chi connectivity index (χ1v) is 16.1. The number of hydrogen-bond donors (Lipinski definition) is 2. The number of ether oxygens (including phenoxy) is 1. The van der Waals surface area contributed by atoms with E-state index in [2.05, 4.69) is 36.1 Å². The van der Waals surface area contributed by atoms with Crippen molar-refractivity contribution in [2.75, 3.05) is 6.61 Å². The zero-order valence-electron chi connectivity index (χ0n) is 21.9. The number of nitrogens with zero attached hydrogens (tertiary/aromatic N) is 4. The Morgan fingerprint density at radius 1 is 1.18 bits per heavy atom. The van der Waals surface area contributed by atoms with E-state index in [1.165, 1.54) is 0 Å². The molecule has 202 valence electrons. The summed E-state index contributed by atoms with van der Waals surface area (Å²) in [6.45, 7) is 7.63. The third-order valence-electron chi connectivity index (χ3n) is 6.16. The van der Waals surface area contributed by atoms with Gasteiger partial charge in [0.2, 0.25) is 0 Å². The predicted molar refractivity (Wildman–Crippen MR) is 146 cm³/mol. The molecule has 2 aromatic heterocycles. The molecule has 0 bridgehead atoms. The topological polar surface area (TPSA) is 113 Å². The van der Waals surface area contributed by atoms with Crippen LogP contribution in [-0.4, -0.2) is 40.6 Å². The van der Waals surface area contributed by atoms with Gasteiger partial charge in [0.25, 0.3) is 0 Å². The van der Waals surface area contributed by atoms with Crippen LogP contribution in [0.2, 0.25) is 25.7 Å². The number of pyridine rings is 1. The molecule has 11 heteroatoms. The molecule has 1 atom stereocenters. The van der Waals surface area contributed by atoms with Crippen LogP contribution in [0.4, 0.5) is 13.6 Å². The Morgan fingerprint density at radius 2 is 1.92 bits per heavy atom. The number of hydrogen-bond acceptors (Lipinski definition) is 5. The molecule has 1 amide bonds. The van der Waals surface area contributed by atoms with Gasteiger partial charge in [-0.15, -0.1) is 0 Å². The molecule has 0 saturated heterocycles. The van der Waals surface area contributed by atoms with E-state index in [1.54, 1.807) is 35.1 Å². The van der Waals surface area contributed by atoms with Crippen molar-refractivity contribution >= 4 is 25.2 Å². The summed E-state index contributed by atoms with van der Waals surface area (Å²) >= 11 is 0. The number of nitriles is 1. The second kappa shape index (κ2) is 11.7. The summed E-state index contributed by atoms with van der Waals surface area (Å²) in [5.74, 6) is -1.53. The fourth-order valence-corrected chi connectivity index (χ4v) is 4.99. The van der Waals surface area contributed by atoms with E-state index in [-0.39, 0.29) is 18.7 Å². The van der Waals surface area contributed by atoms with Crippen LogP contribution < -0.4 is 5.32 Å². The zero-order chi connectivity index (χ0) is 28.2. The third-order valence-corrected chi connectivity index (χ3v) is 7.86. The molecule has 8 nitrogen and oxygen atoms in total. The highest BCUT2D eigenvalue weighted by molar-refractivity contribution is 6.76. The maximum atomic E-state index is 13.9. The molecule has 39 heavy (non-hydrogen) atoms. The van der Waals surface area contributed by atoms with Gasteiger partial charge in [0.05, 0.1) is 35.1 Å². The van der Waals surface area contributed by atoms with E-state index in [9.17, 15) is 23.9 Å². The first-order valence-electron chi connectivity index (χ1n) is 12.4. The number of amides is 1.